The van der Waals surface area contributed by atoms with Gasteiger partial charge in [-0.15, -0.1) is 0 Å². The van der Waals surface area contributed by atoms with E-state index in [1.54, 1.807) is 54.4 Å². The number of para-hydroxylation sites is 1. The minimum absolute atomic E-state index is 0.214. The molecule has 0 spiro atoms. The minimum Gasteiger partial charge on any atom is -0.484 e. The average Bonchev–Trinajstić information content (AvgIpc) is 3.23. The van der Waals surface area contributed by atoms with Crippen molar-refractivity contribution in [1.29, 1.82) is 0 Å². The molecular weight excluding hydrogens is 368 g/mol. The first-order valence-corrected chi connectivity index (χ1v) is 9.79. The number of carbonyl (C=O) groups is 3. The van der Waals surface area contributed by atoms with Gasteiger partial charge in [-0.3, -0.25) is 9.59 Å². The lowest BCUT2D eigenvalue weighted by Crippen LogP contribution is -2.44. The lowest BCUT2D eigenvalue weighted by Gasteiger charge is -2.17. The van der Waals surface area contributed by atoms with Crippen molar-refractivity contribution in [3.8, 4) is 5.75 Å². The van der Waals surface area contributed by atoms with Gasteiger partial charge in [-0.1, -0.05) is 18.2 Å². The number of aromatic nitrogens is 1. The Labute approximate surface area is 161 Å². The molecule has 27 heavy (non-hydrogen) atoms. The number of carbonyl (C=O) groups excluding carboxylic acids is 3. The number of ketones is 1. The molecule has 2 rings (SSSR count). The molecule has 1 heterocycles. The molecule has 0 radical (unpaired) electrons. The minimum atomic E-state index is -0.833. The van der Waals surface area contributed by atoms with E-state index in [9.17, 15) is 14.4 Å². The van der Waals surface area contributed by atoms with Crippen molar-refractivity contribution >= 4 is 29.4 Å². The summed E-state index contributed by atoms with van der Waals surface area (Å²) < 4.78 is 10.4. The maximum absolute atomic E-state index is 12.3. The van der Waals surface area contributed by atoms with Crippen LogP contribution in [0.5, 0.6) is 5.75 Å². The summed E-state index contributed by atoms with van der Waals surface area (Å²) in [5, 5.41) is 2.61. The van der Waals surface area contributed by atoms with Crippen molar-refractivity contribution in [3.05, 3.63) is 54.4 Å². The summed E-state index contributed by atoms with van der Waals surface area (Å²) in [4.78, 5) is 39.0. The van der Waals surface area contributed by atoms with E-state index in [-0.39, 0.29) is 19.0 Å². The molecule has 144 valence electrons. The van der Waals surface area contributed by atoms with Crippen molar-refractivity contribution in [2.75, 3.05) is 25.2 Å². The predicted octanol–water partition coefficient (Wildman–Crippen LogP) is 2.06. The Morgan fingerprint density at radius 1 is 1.11 bits per heavy atom. The van der Waals surface area contributed by atoms with Crippen LogP contribution in [0.25, 0.3) is 0 Å². The van der Waals surface area contributed by atoms with Gasteiger partial charge in [0.2, 0.25) is 5.78 Å². The van der Waals surface area contributed by atoms with Crippen molar-refractivity contribution in [3.63, 3.8) is 0 Å². The molecule has 0 fully saturated rings. The number of hydrogen-bond acceptors (Lipinski definition) is 6. The highest BCUT2D eigenvalue weighted by molar-refractivity contribution is 7.98. The van der Waals surface area contributed by atoms with Crippen LogP contribution in [0.15, 0.2) is 48.7 Å². The van der Waals surface area contributed by atoms with E-state index in [0.29, 0.717) is 23.6 Å². The van der Waals surface area contributed by atoms with E-state index in [0.717, 1.165) is 0 Å². The number of aromatic amines is 1. The summed E-state index contributed by atoms with van der Waals surface area (Å²) >= 11 is 1.54. The zero-order valence-corrected chi connectivity index (χ0v) is 15.8. The molecule has 0 saturated carbocycles. The number of Topliss-reactive ketones (excluding diaryl/α,β-unsaturated/α-hetero) is 1. The molecule has 7 nitrogen and oxygen atoms in total. The molecule has 1 amide bonds. The Hall–Kier alpha value is -2.74. The van der Waals surface area contributed by atoms with Crippen LogP contribution in [0.4, 0.5) is 0 Å². The molecule has 0 saturated heterocycles. The molecule has 0 aliphatic heterocycles. The molecular formula is C19H22N2O5S. The number of thioether (sulfide) groups is 1. The van der Waals surface area contributed by atoms with Gasteiger partial charge in [0.25, 0.3) is 5.91 Å². The number of esters is 1. The fourth-order valence-corrected chi connectivity index (χ4v) is 2.68. The van der Waals surface area contributed by atoms with Crippen LogP contribution in [-0.4, -0.2) is 53.9 Å². The SMILES string of the molecule is CSCC[C@H](NC(=O)COc1ccccc1)C(=O)OCC(=O)c1ccc[nH]1. The molecule has 1 atom stereocenters. The van der Waals surface area contributed by atoms with Crippen molar-refractivity contribution in [1.82, 2.24) is 10.3 Å². The van der Waals surface area contributed by atoms with Crippen LogP contribution < -0.4 is 10.1 Å². The first-order valence-electron chi connectivity index (χ1n) is 8.39. The third-order valence-corrected chi connectivity index (χ3v) is 4.23. The van der Waals surface area contributed by atoms with Gasteiger partial charge in [0.15, 0.2) is 13.2 Å². The zero-order valence-electron chi connectivity index (χ0n) is 15.0. The molecule has 0 unspecified atom stereocenters. The Balaban J connectivity index is 1.83. The van der Waals surface area contributed by atoms with Gasteiger partial charge < -0.3 is 19.8 Å². The second-order valence-electron chi connectivity index (χ2n) is 5.62. The first kappa shape index (κ1) is 20.6. The maximum Gasteiger partial charge on any atom is 0.329 e. The van der Waals surface area contributed by atoms with E-state index < -0.39 is 17.9 Å². The Bertz CT molecular complexity index is 734. The number of benzene rings is 1. The van der Waals surface area contributed by atoms with Crippen LogP contribution in [0.3, 0.4) is 0 Å². The first-order chi connectivity index (χ1) is 13.1. The highest BCUT2D eigenvalue weighted by Crippen LogP contribution is 2.08. The van der Waals surface area contributed by atoms with Crippen molar-refractivity contribution in [2.24, 2.45) is 0 Å². The number of rotatable bonds is 11. The van der Waals surface area contributed by atoms with Crippen LogP contribution in [0.1, 0.15) is 16.9 Å². The molecule has 0 aliphatic rings. The number of hydrogen-bond donors (Lipinski definition) is 2. The molecule has 2 N–H and O–H groups in total. The predicted molar refractivity (Wildman–Crippen MR) is 103 cm³/mol. The quantitative estimate of drug-likeness (QED) is 0.450. The lowest BCUT2D eigenvalue weighted by atomic mass is 10.2. The van der Waals surface area contributed by atoms with Crippen molar-refractivity contribution < 1.29 is 23.9 Å². The lowest BCUT2D eigenvalue weighted by molar-refractivity contribution is -0.147. The molecule has 0 aliphatic carbocycles. The number of nitrogens with one attached hydrogen (secondary N) is 2. The topological polar surface area (TPSA) is 97.5 Å². The average molecular weight is 390 g/mol. The number of H-pyrrole nitrogens is 1. The summed E-state index contributed by atoms with van der Waals surface area (Å²) in [5.41, 5.74) is 0.365. The zero-order chi connectivity index (χ0) is 19.5. The Morgan fingerprint density at radius 2 is 1.89 bits per heavy atom. The Morgan fingerprint density at radius 3 is 2.56 bits per heavy atom. The van der Waals surface area contributed by atoms with Gasteiger partial charge in [0.05, 0.1) is 5.69 Å². The van der Waals surface area contributed by atoms with Gasteiger partial charge in [0.1, 0.15) is 11.8 Å². The number of ether oxygens (including phenoxy) is 2. The molecule has 0 bridgehead atoms. The van der Waals surface area contributed by atoms with Crippen LogP contribution >= 0.6 is 11.8 Å². The van der Waals surface area contributed by atoms with E-state index in [1.165, 1.54) is 0 Å². The normalized spacial score (nSPS) is 11.4. The summed E-state index contributed by atoms with van der Waals surface area (Å²) in [6.45, 7) is -0.597. The van der Waals surface area contributed by atoms with Crippen LogP contribution in [0.2, 0.25) is 0 Å². The van der Waals surface area contributed by atoms with E-state index >= 15 is 0 Å². The van der Waals surface area contributed by atoms with Gasteiger partial charge >= 0.3 is 5.97 Å². The van der Waals surface area contributed by atoms with Gasteiger partial charge in [0, 0.05) is 6.20 Å². The smallest absolute Gasteiger partial charge is 0.329 e. The molecule has 2 aromatic rings. The van der Waals surface area contributed by atoms with Gasteiger partial charge in [-0.25, -0.2) is 4.79 Å². The fourth-order valence-electron chi connectivity index (χ4n) is 2.21. The second-order valence-corrected chi connectivity index (χ2v) is 6.60. The third kappa shape index (κ3) is 7.18. The van der Waals surface area contributed by atoms with Gasteiger partial charge in [-0.2, -0.15) is 11.8 Å². The highest BCUT2D eigenvalue weighted by Gasteiger charge is 2.23. The largest absolute Gasteiger partial charge is 0.484 e. The standard InChI is InChI=1S/C19H22N2O5S/c1-27-11-9-16(19(24)26-12-17(22)15-8-5-10-20-15)21-18(23)13-25-14-6-3-2-4-7-14/h2-8,10,16,20H,9,11-13H2,1H3,(H,21,23)/t16-/m0/s1. The second kappa shape index (κ2) is 11.1. The number of amides is 1. The highest BCUT2D eigenvalue weighted by atomic mass is 32.2. The summed E-state index contributed by atoms with van der Waals surface area (Å²) in [6.07, 6.45) is 3.91. The summed E-state index contributed by atoms with van der Waals surface area (Å²) in [5.74, 6) is -0.192. The third-order valence-electron chi connectivity index (χ3n) is 3.59. The fraction of sp³-hybridized carbons (Fsp3) is 0.316. The monoisotopic (exact) mass is 390 g/mol. The Kier molecular flexibility index (Phi) is 8.44. The van der Waals surface area contributed by atoms with E-state index in [1.807, 2.05) is 12.3 Å². The van der Waals surface area contributed by atoms with Crippen molar-refractivity contribution in [2.45, 2.75) is 12.5 Å². The van der Waals surface area contributed by atoms with Crippen LogP contribution in [-0.2, 0) is 14.3 Å². The van der Waals surface area contributed by atoms with E-state index in [4.69, 9.17) is 9.47 Å². The van der Waals surface area contributed by atoms with Gasteiger partial charge in [-0.05, 0) is 42.7 Å². The van der Waals surface area contributed by atoms with Crippen LogP contribution in [0, 0.1) is 0 Å². The summed E-state index contributed by atoms with van der Waals surface area (Å²) in [7, 11) is 0. The molecule has 1 aromatic carbocycles. The van der Waals surface area contributed by atoms with E-state index in [2.05, 4.69) is 10.3 Å². The maximum atomic E-state index is 12.3. The molecule has 1 aromatic heterocycles. The molecule has 8 heteroatoms. The summed E-state index contributed by atoms with van der Waals surface area (Å²) in [6, 6.07) is 11.4.